The van der Waals surface area contributed by atoms with Crippen LogP contribution in [0.25, 0.3) is 11.1 Å². The number of fused-ring (bicyclic) bond motifs is 3. The van der Waals surface area contributed by atoms with E-state index in [1.54, 1.807) is 0 Å². The molecule has 2 atom stereocenters. The summed E-state index contributed by atoms with van der Waals surface area (Å²) in [6, 6.07) is 61.1. The molecule has 0 aromatic heterocycles. The first kappa shape index (κ1) is 26.4. The van der Waals surface area contributed by atoms with Gasteiger partial charge in [0.15, 0.2) is 8.07 Å². The van der Waals surface area contributed by atoms with E-state index in [-0.39, 0.29) is 6.04 Å². The van der Waals surface area contributed by atoms with Crippen molar-refractivity contribution in [3.8, 4) is 11.1 Å². The number of rotatable bonds is 6. The van der Waals surface area contributed by atoms with Crippen LogP contribution in [0.1, 0.15) is 11.5 Å². The van der Waals surface area contributed by atoms with Crippen molar-refractivity contribution in [3.05, 3.63) is 194 Å². The molecule has 1 heterocycles. The van der Waals surface area contributed by atoms with Crippen molar-refractivity contribution in [2.75, 3.05) is 4.90 Å². The molecule has 2 heteroatoms. The van der Waals surface area contributed by atoms with E-state index in [2.05, 4.69) is 193 Å². The van der Waals surface area contributed by atoms with Crippen LogP contribution in [0, 0.1) is 0 Å². The normalized spacial score (nSPS) is 16.9. The van der Waals surface area contributed by atoms with Gasteiger partial charge < -0.3 is 4.90 Å². The first-order valence-electron chi connectivity index (χ1n) is 15.4. The Kier molecular flexibility index (Phi) is 6.70. The summed E-state index contributed by atoms with van der Waals surface area (Å²) in [5.41, 5.74) is 6.42. The smallest absolute Gasteiger partial charge is 0.179 e. The van der Waals surface area contributed by atoms with Crippen molar-refractivity contribution >= 4 is 40.2 Å². The van der Waals surface area contributed by atoms with Gasteiger partial charge in [-0.15, -0.1) is 0 Å². The quantitative estimate of drug-likeness (QED) is 0.146. The van der Waals surface area contributed by atoms with Gasteiger partial charge in [0.05, 0.1) is 6.04 Å². The molecular weight excluding hydrogens is 547 g/mol. The molecule has 210 valence electrons. The molecule has 0 spiro atoms. The molecule has 1 aliphatic carbocycles. The Morgan fingerprint density at radius 3 is 1.57 bits per heavy atom. The minimum absolute atomic E-state index is 0.266. The molecular formula is C42H33NSi. The monoisotopic (exact) mass is 579 g/mol. The van der Waals surface area contributed by atoms with Gasteiger partial charge in [-0.3, -0.25) is 0 Å². The number of allylic oxidation sites excluding steroid dienone is 2. The summed E-state index contributed by atoms with van der Waals surface area (Å²) in [4.78, 5) is 2.55. The third-order valence-electron chi connectivity index (χ3n) is 9.36. The van der Waals surface area contributed by atoms with Gasteiger partial charge in [-0.1, -0.05) is 170 Å². The van der Waals surface area contributed by atoms with Crippen molar-refractivity contribution in [1.82, 2.24) is 0 Å². The van der Waals surface area contributed by atoms with Gasteiger partial charge in [0.1, 0.15) is 0 Å². The second-order valence-corrected chi connectivity index (χ2v) is 15.5. The van der Waals surface area contributed by atoms with Crippen molar-refractivity contribution < 1.29 is 0 Å². The summed E-state index contributed by atoms with van der Waals surface area (Å²) in [5, 5.41) is 5.56. The molecule has 2 aliphatic rings. The van der Waals surface area contributed by atoms with Crippen LogP contribution in [0.2, 0.25) is 0 Å². The number of benzene rings is 6. The van der Waals surface area contributed by atoms with Crippen molar-refractivity contribution in [1.29, 1.82) is 0 Å². The maximum Gasteiger partial charge on any atom is 0.179 e. The van der Waals surface area contributed by atoms with E-state index in [1.165, 1.54) is 48.8 Å². The zero-order valence-corrected chi connectivity index (χ0v) is 25.5. The topological polar surface area (TPSA) is 3.24 Å². The lowest BCUT2D eigenvalue weighted by Gasteiger charge is -2.35. The summed E-state index contributed by atoms with van der Waals surface area (Å²) in [7, 11) is -2.71. The summed E-state index contributed by atoms with van der Waals surface area (Å²) < 4.78 is 0. The highest BCUT2D eigenvalue weighted by Gasteiger charge is 2.44. The van der Waals surface area contributed by atoms with Gasteiger partial charge in [0, 0.05) is 17.3 Å². The Hall–Kier alpha value is -5.18. The first-order chi connectivity index (χ1) is 21.8. The molecule has 0 radical (unpaired) electrons. The third kappa shape index (κ3) is 4.30. The standard InChI is InChI=1S/C42H33NSi/c1-5-15-32(16-6-1)33-25-27-37(28-26-33)44(35-19-9-3-10-20-35,36-21-11-4-12-22-36)38-29-30-40-39-23-13-14-24-41(39)43(42(40)31-38)34-17-7-2-8-18-34/h1-31,39,41H. The van der Waals surface area contributed by atoms with Gasteiger partial charge in [0.25, 0.3) is 0 Å². The third-order valence-corrected chi connectivity index (χ3v) is 14.1. The Labute approximate surface area is 261 Å². The van der Waals surface area contributed by atoms with Gasteiger partial charge in [-0.05, 0) is 55.6 Å². The average Bonchev–Trinajstić information content (AvgIpc) is 3.44. The van der Waals surface area contributed by atoms with E-state index < -0.39 is 8.07 Å². The number of hydrogen-bond acceptors (Lipinski definition) is 1. The lowest BCUT2D eigenvalue weighted by atomic mass is 9.91. The average molecular weight is 580 g/mol. The van der Waals surface area contributed by atoms with Crippen LogP contribution in [0.15, 0.2) is 188 Å². The predicted octanol–water partition coefficient (Wildman–Crippen LogP) is 7.46. The number of para-hydroxylation sites is 1. The number of anilines is 2. The van der Waals surface area contributed by atoms with Gasteiger partial charge >= 0.3 is 0 Å². The fraction of sp³-hybridized carbons (Fsp3) is 0.0476. The Bertz CT molecular complexity index is 1910. The van der Waals surface area contributed by atoms with Crippen LogP contribution in [0.3, 0.4) is 0 Å². The Morgan fingerprint density at radius 1 is 0.432 bits per heavy atom. The Morgan fingerprint density at radius 2 is 0.932 bits per heavy atom. The van der Waals surface area contributed by atoms with Gasteiger partial charge in [0.2, 0.25) is 0 Å². The highest BCUT2D eigenvalue weighted by Crippen LogP contribution is 2.47. The Balaban J connectivity index is 1.39. The number of hydrogen-bond donors (Lipinski definition) is 0. The van der Waals surface area contributed by atoms with Crippen LogP contribution in [0.4, 0.5) is 11.4 Å². The van der Waals surface area contributed by atoms with Crippen molar-refractivity contribution in [3.63, 3.8) is 0 Å². The lowest BCUT2D eigenvalue weighted by Crippen LogP contribution is -2.74. The second-order valence-electron chi connectivity index (χ2n) is 11.7. The SMILES string of the molecule is C1=CC2c3ccc([Si](c4ccccc4)(c4ccccc4)c4ccc(-c5ccccc5)cc4)cc3N(c3ccccc3)C2C=C1. The number of nitrogens with zero attached hydrogens (tertiary/aromatic N) is 1. The summed E-state index contributed by atoms with van der Waals surface area (Å²) in [6.45, 7) is 0. The summed E-state index contributed by atoms with van der Waals surface area (Å²) in [5.74, 6) is 0.332. The second kappa shape index (κ2) is 11.1. The molecule has 0 bridgehead atoms. The largest absolute Gasteiger partial charge is 0.333 e. The van der Waals surface area contributed by atoms with E-state index in [1.807, 2.05) is 0 Å². The fourth-order valence-corrected chi connectivity index (χ4v) is 12.1. The first-order valence-corrected chi connectivity index (χ1v) is 17.4. The van der Waals surface area contributed by atoms with Crippen LogP contribution in [0.5, 0.6) is 0 Å². The highest BCUT2D eigenvalue weighted by atomic mass is 28.3. The van der Waals surface area contributed by atoms with Gasteiger partial charge in [-0.2, -0.15) is 0 Å². The van der Waals surface area contributed by atoms with E-state index in [0.717, 1.165) is 0 Å². The molecule has 0 fully saturated rings. The molecule has 1 nitrogen and oxygen atoms in total. The fourth-order valence-electron chi connectivity index (χ4n) is 7.38. The highest BCUT2D eigenvalue weighted by molar-refractivity contribution is 7.19. The molecule has 8 rings (SSSR count). The maximum atomic E-state index is 2.55. The molecule has 6 aromatic carbocycles. The minimum Gasteiger partial charge on any atom is -0.333 e. The van der Waals surface area contributed by atoms with E-state index >= 15 is 0 Å². The molecule has 44 heavy (non-hydrogen) atoms. The van der Waals surface area contributed by atoms with Crippen LogP contribution in [-0.2, 0) is 0 Å². The predicted molar refractivity (Wildman–Crippen MR) is 189 cm³/mol. The van der Waals surface area contributed by atoms with Gasteiger partial charge in [-0.25, -0.2) is 0 Å². The molecule has 0 saturated carbocycles. The molecule has 6 aromatic rings. The zero-order valence-electron chi connectivity index (χ0n) is 24.5. The van der Waals surface area contributed by atoms with E-state index in [9.17, 15) is 0 Å². The van der Waals surface area contributed by atoms with Crippen LogP contribution < -0.4 is 25.6 Å². The molecule has 2 unspecified atom stereocenters. The summed E-state index contributed by atoms with van der Waals surface area (Å²) >= 11 is 0. The minimum atomic E-state index is -2.71. The zero-order chi connectivity index (χ0) is 29.3. The maximum absolute atomic E-state index is 2.71. The lowest BCUT2D eigenvalue weighted by molar-refractivity contribution is 0.745. The van der Waals surface area contributed by atoms with E-state index in [4.69, 9.17) is 0 Å². The summed E-state index contributed by atoms with van der Waals surface area (Å²) in [6.07, 6.45) is 9.13. The van der Waals surface area contributed by atoms with E-state index in [0.29, 0.717) is 5.92 Å². The molecule has 0 N–H and O–H groups in total. The molecule has 1 aliphatic heterocycles. The molecule has 0 saturated heterocycles. The molecule has 0 amide bonds. The van der Waals surface area contributed by atoms with Crippen molar-refractivity contribution in [2.24, 2.45) is 0 Å². The van der Waals surface area contributed by atoms with Crippen molar-refractivity contribution in [2.45, 2.75) is 12.0 Å². The van der Waals surface area contributed by atoms with Crippen LogP contribution in [-0.4, -0.2) is 14.1 Å². The van der Waals surface area contributed by atoms with Crippen LogP contribution >= 0.6 is 0 Å².